The Morgan fingerprint density at radius 3 is 2.48 bits per heavy atom. The Bertz CT molecular complexity index is 533. The van der Waals surface area contributed by atoms with Crippen molar-refractivity contribution in [3.05, 3.63) is 29.3 Å². The van der Waals surface area contributed by atoms with Crippen LogP contribution in [0.3, 0.4) is 0 Å². The number of aliphatic hydroxyl groups excluding tert-OH is 1. The molecule has 0 aliphatic heterocycles. The number of hydrogen-bond donors (Lipinski definition) is 3. The summed E-state index contributed by atoms with van der Waals surface area (Å²) in [6.07, 6.45) is -2.12. The number of carbonyl (C=O) groups is 2. The summed E-state index contributed by atoms with van der Waals surface area (Å²) in [5, 5.41) is 21.1. The molecule has 0 saturated carbocycles. The zero-order valence-corrected chi connectivity index (χ0v) is 12.6. The molecule has 21 heavy (non-hydrogen) atoms. The van der Waals surface area contributed by atoms with Crippen molar-refractivity contribution in [2.75, 3.05) is 5.32 Å². The molecule has 1 atom stereocenters. The smallest absolute Gasteiger partial charge is 0.412 e. The van der Waals surface area contributed by atoms with Gasteiger partial charge in [-0.15, -0.1) is 0 Å². The molecule has 116 valence electrons. The normalized spacial score (nSPS) is 12.6. The van der Waals surface area contributed by atoms with Gasteiger partial charge in [-0.3, -0.25) is 10.1 Å². The molecule has 0 bridgehead atoms. The second-order valence-electron chi connectivity index (χ2n) is 5.81. The van der Waals surface area contributed by atoms with E-state index in [9.17, 15) is 14.7 Å². The fraction of sp³-hybridized carbons (Fsp3) is 0.467. The summed E-state index contributed by atoms with van der Waals surface area (Å²) in [5.74, 6) is -1.09. The van der Waals surface area contributed by atoms with E-state index in [2.05, 4.69) is 5.32 Å². The molecule has 1 aromatic rings. The zero-order valence-electron chi connectivity index (χ0n) is 12.6. The highest BCUT2D eigenvalue weighted by atomic mass is 16.6. The number of rotatable bonds is 4. The van der Waals surface area contributed by atoms with Crippen LogP contribution in [0.1, 0.15) is 44.4 Å². The molecular weight excluding hydrogens is 274 g/mol. The van der Waals surface area contributed by atoms with Crippen molar-refractivity contribution in [1.29, 1.82) is 0 Å². The summed E-state index contributed by atoms with van der Waals surface area (Å²) in [7, 11) is 0. The van der Waals surface area contributed by atoms with Gasteiger partial charge in [0.05, 0.1) is 12.5 Å². The fourth-order valence-electron chi connectivity index (χ4n) is 1.68. The van der Waals surface area contributed by atoms with E-state index in [1.54, 1.807) is 45.9 Å². The molecule has 1 amide bonds. The van der Waals surface area contributed by atoms with E-state index >= 15 is 0 Å². The number of carboxylic acid groups (broad SMARTS) is 1. The van der Waals surface area contributed by atoms with Gasteiger partial charge in [0.15, 0.2) is 0 Å². The number of ether oxygens (including phenoxy) is 1. The number of carbonyl (C=O) groups excluding carboxylic acids is 1. The summed E-state index contributed by atoms with van der Waals surface area (Å²) in [6.45, 7) is 7.06. The van der Waals surface area contributed by atoms with Crippen molar-refractivity contribution in [3.63, 3.8) is 0 Å². The molecule has 0 heterocycles. The van der Waals surface area contributed by atoms with E-state index in [1.807, 2.05) is 0 Å². The maximum atomic E-state index is 11.7. The van der Waals surface area contributed by atoms with Crippen molar-refractivity contribution in [3.8, 4) is 0 Å². The monoisotopic (exact) mass is 295 g/mol. The minimum absolute atomic E-state index is 0.394. The molecule has 1 rings (SSSR count). The first kappa shape index (κ1) is 17.0. The van der Waals surface area contributed by atoms with Crippen LogP contribution in [0.15, 0.2) is 18.2 Å². The fourth-order valence-corrected chi connectivity index (χ4v) is 1.68. The van der Waals surface area contributed by atoms with Crippen LogP contribution >= 0.6 is 0 Å². The molecule has 0 radical (unpaired) electrons. The van der Waals surface area contributed by atoms with E-state index < -0.39 is 30.2 Å². The Kier molecular flexibility index (Phi) is 5.32. The Morgan fingerprint density at radius 2 is 1.95 bits per heavy atom. The molecule has 0 saturated heterocycles. The van der Waals surface area contributed by atoms with Crippen molar-refractivity contribution in [1.82, 2.24) is 0 Å². The van der Waals surface area contributed by atoms with Gasteiger partial charge in [0, 0.05) is 5.69 Å². The van der Waals surface area contributed by atoms with E-state index in [0.717, 1.165) is 5.56 Å². The lowest BCUT2D eigenvalue weighted by Gasteiger charge is -2.20. The van der Waals surface area contributed by atoms with Crippen LogP contribution in [-0.4, -0.2) is 27.9 Å². The summed E-state index contributed by atoms with van der Waals surface area (Å²) in [4.78, 5) is 22.4. The molecule has 1 aromatic carbocycles. The van der Waals surface area contributed by atoms with Crippen LogP contribution < -0.4 is 5.32 Å². The second kappa shape index (κ2) is 6.58. The third-order valence-electron chi connectivity index (χ3n) is 2.65. The number of carboxylic acids is 1. The Labute approximate surface area is 123 Å². The van der Waals surface area contributed by atoms with Gasteiger partial charge in [-0.1, -0.05) is 12.1 Å². The zero-order chi connectivity index (χ0) is 16.2. The molecule has 6 nitrogen and oxygen atoms in total. The quantitative estimate of drug-likeness (QED) is 0.793. The summed E-state index contributed by atoms with van der Waals surface area (Å²) in [6, 6.07) is 4.88. The average molecular weight is 295 g/mol. The Morgan fingerprint density at radius 1 is 1.33 bits per heavy atom. The van der Waals surface area contributed by atoms with E-state index in [0.29, 0.717) is 11.3 Å². The summed E-state index contributed by atoms with van der Waals surface area (Å²) < 4.78 is 5.15. The SMILES string of the molecule is Cc1ccc([C@@H](O)CC(=O)O)cc1NC(=O)OC(C)(C)C. The third-order valence-corrected chi connectivity index (χ3v) is 2.65. The van der Waals surface area contributed by atoms with Gasteiger partial charge in [-0.25, -0.2) is 4.79 Å². The lowest BCUT2D eigenvalue weighted by atomic mass is 10.0. The lowest BCUT2D eigenvalue weighted by molar-refractivity contribution is -0.139. The highest BCUT2D eigenvalue weighted by Crippen LogP contribution is 2.24. The van der Waals surface area contributed by atoms with Gasteiger partial charge in [0.1, 0.15) is 5.60 Å². The van der Waals surface area contributed by atoms with Crippen LogP contribution in [0.5, 0.6) is 0 Å². The Hall–Kier alpha value is -2.08. The second-order valence-corrected chi connectivity index (χ2v) is 5.81. The Balaban J connectivity index is 2.87. The van der Waals surface area contributed by atoms with Gasteiger partial charge < -0.3 is 14.9 Å². The van der Waals surface area contributed by atoms with Crippen LogP contribution in [0.25, 0.3) is 0 Å². The van der Waals surface area contributed by atoms with Gasteiger partial charge >= 0.3 is 12.1 Å². The number of aliphatic hydroxyl groups is 1. The lowest BCUT2D eigenvalue weighted by Crippen LogP contribution is -2.27. The highest BCUT2D eigenvalue weighted by Gasteiger charge is 2.18. The minimum atomic E-state index is -1.12. The number of benzene rings is 1. The van der Waals surface area contributed by atoms with Crippen LogP contribution in [-0.2, 0) is 9.53 Å². The first-order valence-electron chi connectivity index (χ1n) is 6.59. The molecule has 0 fully saturated rings. The highest BCUT2D eigenvalue weighted by molar-refractivity contribution is 5.86. The number of amides is 1. The van der Waals surface area contributed by atoms with Crippen LogP contribution in [0, 0.1) is 6.92 Å². The standard InChI is InChI=1S/C15H21NO5/c1-9-5-6-10(12(17)8-13(18)19)7-11(9)16-14(20)21-15(2,3)4/h5-7,12,17H,8H2,1-4H3,(H,16,20)(H,18,19)/t12-/m0/s1. The summed E-state index contributed by atoms with van der Waals surface area (Å²) >= 11 is 0. The molecule has 0 spiro atoms. The number of aryl methyl sites for hydroxylation is 1. The van der Waals surface area contributed by atoms with Gasteiger partial charge in [-0.2, -0.15) is 0 Å². The van der Waals surface area contributed by atoms with Gasteiger partial charge in [-0.05, 0) is 44.9 Å². The number of nitrogens with one attached hydrogen (secondary N) is 1. The topological polar surface area (TPSA) is 95.9 Å². The molecular formula is C15H21NO5. The van der Waals surface area contributed by atoms with Crippen molar-refractivity contribution in [2.24, 2.45) is 0 Å². The predicted octanol–water partition coefficient (Wildman–Crippen LogP) is 2.85. The largest absolute Gasteiger partial charge is 0.481 e. The number of hydrogen-bond acceptors (Lipinski definition) is 4. The molecule has 3 N–H and O–H groups in total. The first-order chi connectivity index (χ1) is 9.58. The predicted molar refractivity (Wildman–Crippen MR) is 78.2 cm³/mol. The molecule has 0 aromatic heterocycles. The van der Waals surface area contributed by atoms with Crippen molar-refractivity contribution >= 4 is 17.7 Å². The van der Waals surface area contributed by atoms with Gasteiger partial charge in [0.2, 0.25) is 0 Å². The summed E-state index contributed by atoms with van der Waals surface area (Å²) in [5.41, 5.74) is 1.07. The molecule has 0 aliphatic rings. The minimum Gasteiger partial charge on any atom is -0.481 e. The molecule has 0 aliphatic carbocycles. The van der Waals surface area contributed by atoms with Crippen molar-refractivity contribution in [2.45, 2.75) is 45.8 Å². The van der Waals surface area contributed by atoms with E-state index in [4.69, 9.17) is 9.84 Å². The molecule has 0 unspecified atom stereocenters. The maximum Gasteiger partial charge on any atom is 0.412 e. The van der Waals surface area contributed by atoms with E-state index in [1.165, 1.54) is 0 Å². The van der Waals surface area contributed by atoms with Crippen LogP contribution in [0.4, 0.5) is 10.5 Å². The van der Waals surface area contributed by atoms with Gasteiger partial charge in [0.25, 0.3) is 0 Å². The molecule has 6 heteroatoms. The number of anilines is 1. The first-order valence-corrected chi connectivity index (χ1v) is 6.59. The van der Waals surface area contributed by atoms with Crippen LogP contribution in [0.2, 0.25) is 0 Å². The number of aliphatic carboxylic acids is 1. The van der Waals surface area contributed by atoms with E-state index in [-0.39, 0.29) is 0 Å². The van der Waals surface area contributed by atoms with Crippen molar-refractivity contribution < 1.29 is 24.5 Å². The third kappa shape index (κ3) is 5.83. The maximum absolute atomic E-state index is 11.7. The average Bonchev–Trinajstić information content (AvgIpc) is 2.28.